The molecule has 2 rings (SSSR count). The number of rotatable bonds is 6. The Bertz CT molecular complexity index is 674. The molecule has 0 fully saturated rings. The van der Waals surface area contributed by atoms with E-state index >= 15 is 0 Å². The standard InChI is InChI=1S/C18H20N2O2S/c1-13(23-12-15-7-4-3-5-8-15)18(22)20-17-10-6-9-16(11-17)19-14(2)21/h3-11,13H,12H2,1-2H3,(H,19,21)(H,20,22)/t13-/m1/s1. The Kier molecular flexibility index (Phi) is 6.23. The zero-order valence-electron chi connectivity index (χ0n) is 13.2. The molecular formula is C18H20N2O2S. The number of hydrogen-bond donors (Lipinski definition) is 2. The van der Waals surface area contributed by atoms with Gasteiger partial charge in [-0.05, 0) is 30.7 Å². The molecule has 0 aliphatic heterocycles. The average molecular weight is 328 g/mol. The molecule has 5 heteroatoms. The lowest BCUT2D eigenvalue weighted by Crippen LogP contribution is -2.22. The van der Waals surface area contributed by atoms with Crippen molar-refractivity contribution in [1.29, 1.82) is 0 Å². The molecule has 120 valence electrons. The fourth-order valence-corrected chi connectivity index (χ4v) is 2.84. The second-order valence-electron chi connectivity index (χ2n) is 5.19. The van der Waals surface area contributed by atoms with Gasteiger partial charge >= 0.3 is 0 Å². The van der Waals surface area contributed by atoms with Crippen LogP contribution in [-0.4, -0.2) is 17.1 Å². The minimum atomic E-state index is -0.167. The first-order valence-electron chi connectivity index (χ1n) is 7.38. The van der Waals surface area contributed by atoms with E-state index in [-0.39, 0.29) is 17.1 Å². The molecule has 0 spiro atoms. The largest absolute Gasteiger partial charge is 0.326 e. The average Bonchev–Trinajstić information content (AvgIpc) is 2.53. The van der Waals surface area contributed by atoms with Crippen LogP contribution in [0.2, 0.25) is 0 Å². The van der Waals surface area contributed by atoms with Gasteiger partial charge in [-0.1, -0.05) is 36.4 Å². The Morgan fingerprint density at radius 3 is 2.30 bits per heavy atom. The number of amides is 2. The molecule has 0 radical (unpaired) electrons. The minimum Gasteiger partial charge on any atom is -0.326 e. The van der Waals surface area contributed by atoms with Crippen LogP contribution >= 0.6 is 11.8 Å². The summed E-state index contributed by atoms with van der Waals surface area (Å²) in [6.07, 6.45) is 0. The maximum atomic E-state index is 12.2. The first kappa shape index (κ1) is 17.1. The molecule has 0 aliphatic rings. The van der Waals surface area contributed by atoms with Gasteiger partial charge in [-0.25, -0.2) is 0 Å². The highest BCUT2D eigenvalue weighted by Crippen LogP contribution is 2.20. The number of hydrogen-bond acceptors (Lipinski definition) is 3. The zero-order chi connectivity index (χ0) is 16.7. The number of anilines is 2. The maximum Gasteiger partial charge on any atom is 0.237 e. The fraction of sp³-hybridized carbons (Fsp3) is 0.222. The molecule has 0 saturated carbocycles. The molecule has 2 aromatic carbocycles. The quantitative estimate of drug-likeness (QED) is 0.845. The SMILES string of the molecule is CC(=O)Nc1cccc(NC(=O)[C@@H](C)SCc2ccccc2)c1. The van der Waals surface area contributed by atoms with E-state index in [2.05, 4.69) is 22.8 Å². The molecule has 0 bridgehead atoms. The van der Waals surface area contributed by atoms with E-state index in [4.69, 9.17) is 0 Å². The molecule has 0 saturated heterocycles. The lowest BCUT2D eigenvalue weighted by atomic mass is 10.2. The highest BCUT2D eigenvalue weighted by atomic mass is 32.2. The molecule has 4 nitrogen and oxygen atoms in total. The molecule has 23 heavy (non-hydrogen) atoms. The van der Waals surface area contributed by atoms with Crippen molar-refractivity contribution in [3.05, 3.63) is 60.2 Å². The van der Waals surface area contributed by atoms with Gasteiger partial charge in [-0.2, -0.15) is 0 Å². The van der Waals surface area contributed by atoms with Gasteiger partial charge in [0.1, 0.15) is 0 Å². The summed E-state index contributed by atoms with van der Waals surface area (Å²) in [5.41, 5.74) is 2.54. The second kappa shape index (κ2) is 8.39. The summed E-state index contributed by atoms with van der Waals surface area (Å²) in [5.74, 6) is 0.604. The third kappa shape index (κ3) is 5.79. The number of carbonyl (C=O) groups is 2. The van der Waals surface area contributed by atoms with E-state index in [1.54, 1.807) is 36.0 Å². The predicted octanol–water partition coefficient (Wildman–Crippen LogP) is 3.91. The van der Waals surface area contributed by atoms with Gasteiger partial charge < -0.3 is 10.6 Å². The summed E-state index contributed by atoms with van der Waals surface area (Å²) < 4.78 is 0. The highest BCUT2D eigenvalue weighted by molar-refractivity contribution is 7.99. The zero-order valence-corrected chi connectivity index (χ0v) is 14.0. The molecule has 0 unspecified atom stereocenters. The van der Waals surface area contributed by atoms with E-state index in [9.17, 15) is 9.59 Å². The van der Waals surface area contributed by atoms with Crippen LogP contribution in [0, 0.1) is 0 Å². The Labute approximate surface area is 140 Å². The van der Waals surface area contributed by atoms with Crippen LogP contribution in [0.5, 0.6) is 0 Å². The monoisotopic (exact) mass is 328 g/mol. The molecule has 0 heterocycles. The summed E-state index contributed by atoms with van der Waals surface area (Å²) in [7, 11) is 0. The Balaban J connectivity index is 1.89. The molecule has 2 amide bonds. The molecule has 0 aliphatic carbocycles. The molecule has 0 aromatic heterocycles. The Morgan fingerprint density at radius 2 is 1.65 bits per heavy atom. The number of benzene rings is 2. The van der Waals surface area contributed by atoms with Gasteiger partial charge in [-0.15, -0.1) is 11.8 Å². The third-order valence-corrected chi connectivity index (χ3v) is 4.38. The van der Waals surface area contributed by atoms with Crippen LogP contribution in [0.25, 0.3) is 0 Å². The van der Waals surface area contributed by atoms with Gasteiger partial charge in [-0.3, -0.25) is 9.59 Å². The smallest absolute Gasteiger partial charge is 0.237 e. The van der Waals surface area contributed by atoms with Crippen molar-refractivity contribution in [3.8, 4) is 0 Å². The van der Waals surface area contributed by atoms with Gasteiger partial charge in [0.15, 0.2) is 0 Å². The molecule has 2 aromatic rings. The van der Waals surface area contributed by atoms with Gasteiger partial charge in [0.05, 0.1) is 5.25 Å². The van der Waals surface area contributed by atoms with E-state index < -0.39 is 0 Å². The first-order chi connectivity index (χ1) is 11.0. The lowest BCUT2D eigenvalue weighted by Gasteiger charge is -2.13. The normalized spacial score (nSPS) is 11.6. The topological polar surface area (TPSA) is 58.2 Å². The summed E-state index contributed by atoms with van der Waals surface area (Å²) in [6, 6.07) is 17.2. The van der Waals surface area contributed by atoms with Crippen LogP contribution in [-0.2, 0) is 15.3 Å². The van der Waals surface area contributed by atoms with Crippen molar-refractivity contribution in [2.24, 2.45) is 0 Å². The van der Waals surface area contributed by atoms with E-state index in [0.29, 0.717) is 11.4 Å². The van der Waals surface area contributed by atoms with Crippen LogP contribution in [0.1, 0.15) is 19.4 Å². The predicted molar refractivity (Wildman–Crippen MR) is 96.6 cm³/mol. The summed E-state index contributed by atoms with van der Waals surface area (Å²) in [4.78, 5) is 23.3. The van der Waals surface area contributed by atoms with Crippen LogP contribution in [0.4, 0.5) is 11.4 Å². The van der Waals surface area contributed by atoms with Gasteiger partial charge in [0.25, 0.3) is 0 Å². The van der Waals surface area contributed by atoms with Crippen molar-refractivity contribution in [3.63, 3.8) is 0 Å². The van der Waals surface area contributed by atoms with Crippen molar-refractivity contribution >= 4 is 35.0 Å². The van der Waals surface area contributed by atoms with Crippen LogP contribution in [0.15, 0.2) is 54.6 Å². The lowest BCUT2D eigenvalue weighted by molar-refractivity contribution is -0.115. The molecule has 2 N–H and O–H groups in total. The fourth-order valence-electron chi connectivity index (χ4n) is 1.99. The van der Waals surface area contributed by atoms with E-state index in [1.165, 1.54) is 12.5 Å². The van der Waals surface area contributed by atoms with Crippen LogP contribution < -0.4 is 10.6 Å². The molecule has 1 atom stereocenters. The third-order valence-electron chi connectivity index (χ3n) is 3.16. The maximum absolute atomic E-state index is 12.2. The number of nitrogens with one attached hydrogen (secondary N) is 2. The van der Waals surface area contributed by atoms with Crippen molar-refractivity contribution in [2.75, 3.05) is 10.6 Å². The molecular weight excluding hydrogens is 308 g/mol. The first-order valence-corrected chi connectivity index (χ1v) is 8.43. The van der Waals surface area contributed by atoms with Crippen LogP contribution in [0.3, 0.4) is 0 Å². The summed E-state index contributed by atoms with van der Waals surface area (Å²) in [5, 5.41) is 5.41. The van der Waals surface area contributed by atoms with Crippen molar-refractivity contribution in [2.45, 2.75) is 24.9 Å². The number of carbonyl (C=O) groups excluding carboxylic acids is 2. The summed E-state index contributed by atoms with van der Waals surface area (Å²) in [6.45, 7) is 3.34. The Morgan fingerprint density at radius 1 is 1.00 bits per heavy atom. The van der Waals surface area contributed by atoms with Crippen molar-refractivity contribution in [1.82, 2.24) is 0 Å². The van der Waals surface area contributed by atoms with E-state index in [1.807, 2.05) is 25.1 Å². The number of thioether (sulfide) groups is 1. The Hall–Kier alpha value is -2.27. The van der Waals surface area contributed by atoms with Gasteiger partial charge in [0, 0.05) is 24.1 Å². The van der Waals surface area contributed by atoms with Crippen molar-refractivity contribution < 1.29 is 9.59 Å². The second-order valence-corrected chi connectivity index (χ2v) is 6.52. The highest BCUT2D eigenvalue weighted by Gasteiger charge is 2.13. The van der Waals surface area contributed by atoms with E-state index in [0.717, 1.165) is 5.75 Å². The summed E-state index contributed by atoms with van der Waals surface area (Å²) >= 11 is 1.59. The van der Waals surface area contributed by atoms with Gasteiger partial charge in [0.2, 0.25) is 11.8 Å². The minimum absolute atomic E-state index is 0.0501.